The number of benzene rings is 1. The minimum atomic E-state index is -0.315. The fourth-order valence-electron chi connectivity index (χ4n) is 3.59. The van der Waals surface area contributed by atoms with E-state index < -0.39 is 0 Å². The number of carbonyl (C=O) groups is 2. The van der Waals surface area contributed by atoms with Gasteiger partial charge in [0.2, 0.25) is 11.8 Å². The van der Waals surface area contributed by atoms with Crippen LogP contribution >= 0.6 is 0 Å². The maximum atomic E-state index is 13.7. The van der Waals surface area contributed by atoms with Crippen LogP contribution in [0.25, 0.3) is 0 Å². The van der Waals surface area contributed by atoms with Gasteiger partial charge in [-0.15, -0.1) is 0 Å². The molecule has 2 saturated heterocycles. The van der Waals surface area contributed by atoms with Gasteiger partial charge in [-0.1, -0.05) is 12.1 Å². The highest BCUT2D eigenvalue weighted by molar-refractivity contribution is 5.89. The standard InChI is InChI=1S/C18H23FN2O3/c1-21-11-13(9-16(21)22)17(23)20-12-18(5-7-24-8-6-18)14-3-2-4-15(19)10-14/h2-4,10,13H,5-9,11-12H2,1H3,(H,20,23)/t13-/m0/s1. The third-order valence-corrected chi connectivity index (χ3v) is 5.20. The second-order valence-corrected chi connectivity index (χ2v) is 6.80. The van der Waals surface area contributed by atoms with Crippen LogP contribution in [0.2, 0.25) is 0 Å². The molecule has 0 spiro atoms. The first-order chi connectivity index (χ1) is 11.5. The molecular formula is C18H23FN2O3. The molecule has 0 bridgehead atoms. The van der Waals surface area contributed by atoms with Crippen molar-refractivity contribution in [2.24, 2.45) is 5.92 Å². The summed E-state index contributed by atoms with van der Waals surface area (Å²) in [6, 6.07) is 6.58. The van der Waals surface area contributed by atoms with Gasteiger partial charge in [-0.3, -0.25) is 9.59 Å². The van der Waals surface area contributed by atoms with Crippen molar-refractivity contribution in [2.45, 2.75) is 24.7 Å². The molecule has 2 aliphatic heterocycles. The molecule has 1 atom stereocenters. The van der Waals surface area contributed by atoms with Gasteiger partial charge in [0, 0.05) is 45.2 Å². The minimum absolute atomic E-state index is 0.000982. The lowest BCUT2D eigenvalue weighted by atomic mass is 9.74. The summed E-state index contributed by atoms with van der Waals surface area (Å²) in [5.41, 5.74) is 0.579. The fourth-order valence-corrected chi connectivity index (χ4v) is 3.59. The van der Waals surface area contributed by atoms with E-state index in [2.05, 4.69) is 5.32 Å². The van der Waals surface area contributed by atoms with Crippen molar-refractivity contribution in [3.05, 3.63) is 35.6 Å². The molecule has 3 rings (SSSR count). The van der Waals surface area contributed by atoms with E-state index in [1.165, 1.54) is 6.07 Å². The third kappa shape index (κ3) is 3.43. The summed E-state index contributed by atoms with van der Waals surface area (Å²) >= 11 is 0. The quantitative estimate of drug-likeness (QED) is 0.907. The molecule has 0 aromatic heterocycles. The second kappa shape index (κ2) is 6.89. The Labute approximate surface area is 141 Å². The van der Waals surface area contributed by atoms with Crippen molar-refractivity contribution in [1.82, 2.24) is 10.2 Å². The summed E-state index contributed by atoms with van der Waals surface area (Å²) in [5, 5.41) is 3.00. The number of amides is 2. The number of rotatable bonds is 4. The molecule has 0 radical (unpaired) electrons. The van der Waals surface area contributed by atoms with Crippen LogP contribution in [0.15, 0.2) is 24.3 Å². The Morgan fingerprint density at radius 2 is 2.17 bits per heavy atom. The monoisotopic (exact) mass is 334 g/mol. The van der Waals surface area contributed by atoms with Crippen LogP contribution in [-0.2, 0) is 19.7 Å². The predicted molar refractivity (Wildman–Crippen MR) is 86.9 cm³/mol. The summed E-state index contributed by atoms with van der Waals surface area (Å²) in [4.78, 5) is 25.6. The smallest absolute Gasteiger partial charge is 0.225 e. The van der Waals surface area contributed by atoms with E-state index in [-0.39, 0.29) is 35.4 Å². The Morgan fingerprint density at radius 1 is 1.42 bits per heavy atom. The number of hydrogen-bond acceptors (Lipinski definition) is 3. The van der Waals surface area contributed by atoms with Gasteiger partial charge in [-0.05, 0) is 30.5 Å². The van der Waals surface area contributed by atoms with Crippen LogP contribution in [0.3, 0.4) is 0 Å². The number of likely N-dealkylation sites (tertiary alicyclic amines) is 1. The summed E-state index contributed by atoms with van der Waals surface area (Å²) in [5.74, 6) is -0.671. The molecular weight excluding hydrogens is 311 g/mol. The first-order valence-electron chi connectivity index (χ1n) is 8.36. The number of hydrogen-bond donors (Lipinski definition) is 1. The zero-order valence-electron chi connectivity index (χ0n) is 13.9. The number of nitrogens with one attached hydrogen (secondary N) is 1. The van der Waals surface area contributed by atoms with Crippen LogP contribution in [0.1, 0.15) is 24.8 Å². The van der Waals surface area contributed by atoms with Crippen molar-refractivity contribution in [3.63, 3.8) is 0 Å². The molecule has 0 aliphatic carbocycles. The van der Waals surface area contributed by atoms with Crippen LogP contribution in [-0.4, -0.2) is 50.1 Å². The van der Waals surface area contributed by atoms with Gasteiger partial charge in [-0.25, -0.2) is 4.39 Å². The topological polar surface area (TPSA) is 58.6 Å². The summed E-state index contributed by atoms with van der Waals surface area (Å²) in [7, 11) is 1.71. The first-order valence-corrected chi connectivity index (χ1v) is 8.36. The Hall–Kier alpha value is -1.95. The highest BCUT2D eigenvalue weighted by Crippen LogP contribution is 2.34. The fraction of sp³-hybridized carbons (Fsp3) is 0.556. The Morgan fingerprint density at radius 3 is 2.79 bits per heavy atom. The summed E-state index contributed by atoms with van der Waals surface area (Å²) in [6.45, 7) is 2.09. The molecule has 1 aromatic rings. The lowest BCUT2D eigenvalue weighted by Gasteiger charge is -2.38. The highest BCUT2D eigenvalue weighted by Gasteiger charge is 2.37. The van der Waals surface area contributed by atoms with E-state index >= 15 is 0 Å². The Bertz CT molecular complexity index is 628. The molecule has 24 heavy (non-hydrogen) atoms. The number of carbonyl (C=O) groups excluding carboxylic acids is 2. The van der Waals surface area contributed by atoms with Gasteiger partial charge in [0.1, 0.15) is 5.82 Å². The molecule has 5 nitrogen and oxygen atoms in total. The molecule has 1 N–H and O–H groups in total. The van der Waals surface area contributed by atoms with Gasteiger partial charge >= 0.3 is 0 Å². The van der Waals surface area contributed by atoms with E-state index in [1.807, 2.05) is 6.07 Å². The molecule has 130 valence electrons. The SMILES string of the molecule is CN1C[C@@H](C(=O)NCC2(c3cccc(F)c3)CCOCC2)CC1=O. The number of halogens is 1. The number of nitrogens with zero attached hydrogens (tertiary/aromatic N) is 1. The second-order valence-electron chi connectivity index (χ2n) is 6.80. The van der Waals surface area contributed by atoms with Gasteiger partial charge in [-0.2, -0.15) is 0 Å². The predicted octanol–water partition coefficient (Wildman–Crippen LogP) is 1.47. The van der Waals surface area contributed by atoms with Crippen molar-refractivity contribution < 1.29 is 18.7 Å². The van der Waals surface area contributed by atoms with Gasteiger partial charge in [0.25, 0.3) is 0 Å². The molecule has 2 aliphatic rings. The number of ether oxygens (including phenoxy) is 1. The average Bonchev–Trinajstić information content (AvgIpc) is 2.93. The van der Waals surface area contributed by atoms with E-state index in [4.69, 9.17) is 4.74 Å². The molecule has 0 unspecified atom stereocenters. The van der Waals surface area contributed by atoms with Crippen molar-refractivity contribution in [1.29, 1.82) is 0 Å². The summed E-state index contributed by atoms with van der Waals surface area (Å²) < 4.78 is 19.1. The molecule has 6 heteroatoms. The van der Waals surface area contributed by atoms with E-state index in [1.54, 1.807) is 24.1 Å². The van der Waals surface area contributed by atoms with Crippen LogP contribution in [0.5, 0.6) is 0 Å². The van der Waals surface area contributed by atoms with Crippen molar-refractivity contribution >= 4 is 11.8 Å². The van der Waals surface area contributed by atoms with E-state index in [0.717, 1.165) is 18.4 Å². The maximum Gasteiger partial charge on any atom is 0.225 e. The normalized spacial score (nSPS) is 23.3. The molecule has 0 saturated carbocycles. The van der Waals surface area contributed by atoms with Gasteiger partial charge < -0.3 is 15.0 Å². The Kier molecular flexibility index (Phi) is 4.85. The van der Waals surface area contributed by atoms with Crippen LogP contribution < -0.4 is 5.32 Å². The van der Waals surface area contributed by atoms with Crippen LogP contribution in [0.4, 0.5) is 4.39 Å². The molecule has 1 aromatic carbocycles. The zero-order valence-corrected chi connectivity index (χ0v) is 13.9. The van der Waals surface area contributed by atoms with E-state index in [0.29, 0.717) is 26.3 Å². The largest absolute Gasteiger partial charge is 0.381 e. The molecule has 2 fully saturated rings. The van der Waals surface area contributed by atoms with Crippen LogP contribution in [0, 0.1) is 11.7 Å². The zero-order chi connectivity index (χ0) is 17.2. The van der Waals surface area contributed by atoms with E-state index in [9.17, 15) is 14.0 Å². The maximum absolute atomic E-state index is 13.7. The summed E-state index contributed by atoms with van der Waals surface area (Å²) in [6.07, 6.45) is 1.73. The Balaban J connectivity index is 1.71. The average molecular weight is 334 g/mol. The lowest BCUT2D eigenvalue weighted by Crippen LogP contribution is -2.46. The molecule has 2 heterocycles. The van der Waals surface area contributed by atoms with Crippen molar-refractivity contribution in [2.75, 3.05) is 33.4 Å². The molecule has 2 amide bonds. The highest BCUT2D eigenvalue weighted by atomic mass is 19.1. The van der Waals surface area contributed by atoms with Gasteiger partial charge in [0.05, 0.1) is 5.92 Å². The first kappa shape index (κ1) is 16.9. The minimum Gasteiger partial charge on any atom is -0.381 e. The third-order valence-electron chi connectivity index (χ3n) is 5.20. The van der Waals surface area contributed by atoms with Gasteiger partial charge in [0.15, 0.2) is 0 Å². The van der Waals surface area contributed by atoms with Crippen molar-refractivity contribution in [3.8, 4) is 0 Å². The lowest BCUT2D eigenvalue weighted by molar-refractivity contribution is -0.128.